The van der Waals surface area contributed by atoms with Gasteiger partial charge in [-0.1, -0.05) is 31.5 Å². The van der Waals surface area contributed by atoms with Crippen LogP contribution in [-0.4, -0.2) is 49.6 Å². The summed E-state index contributed by atoms with van der Waals surface area (Å²) >= 11 is 0. The van der Waals surface area contributed by atoms with E-state index in [4.69, 9.17) is 14.2 Å². The Labute approximate surface area is 196 Å². The Morgan fingerprint density at radius 2 is 1.88 bits per heavy atom. The normalized spacial score (nSPS) is 13.2. The third-order valence-electron chi connectivity index (χ3n) is 5.72. The van der Waals surface area contributed by atoms with Gasteiger partial charge in [0.25, 0.3) is 0 Å². The van der Waals surface area contributed by atoms with Gasteiger partial charge in [-0.25, -0.2) is 0 Å². The van der Waals surface area contributed by atoms with Crippen LogP contribution in [0.4, 0.5) is 0 Å². The minimum Gasteiger partial charge on any atom is -0.497 e. The van der Waals surface area contributed by atoms with E-state index in [1.165, 1.54) is 0 Å². The van der Waals surface area contributed by atoms with E-state index in [-0.39, 0.29) is 18.2 Å². The van der Waals surface area contributed by atoms with Crippen LogP contribution in [0.3, 0.4) is 0 Å². The lowest BCUT2D eigenvalue weighted by Gasteiger charge is -2.29. The third-order valence-corrected chi connectivity index (χ3v) is 5.72. The number of fused-ring (bicyclic) bond motifs is 1. The van der Waals surface area contributed by atoms with Gasteiger partial charge in [0.05, 0.1) is 7.11 Å². The van der Waals surface area contributed by atoms with Crippen molar-refractivity contribution in [2.75, 3.05) is 26.9 Å². The maximum absolute atomic E-state index is 13.3. The summed E-state index contributed by atoms with van der Waals surface area (Å²) in [5.41, 5.74) is 1.91. The minimum absolute atomic E-state index is 0.0779. The molecule has 0 unspecified atom stereocenters. The highest BCUT2D eigenvalue weighted by atomic mass is 16.6. The zero-order chi connectivity index (χ0) is 23.6. The zero-order valence-electron chi connectivity index (χ0n) is 19.8. The van der Waals surface area contributed by atoms with Crippen molar-refractivity contribution in [3.8, 4) is 17.2 Å². The lowest BCUT2D eigenvalue weighted by atomic mass is 10.1. The molecule has 3 rings (SSSR count). The summed E-state index contributed by atoms with van der Waals surface area (Å²) in [7, 11) is 1.61. The maximum Gasteiger partial charge on any atom is 0.242 e. The first-order valence-electron chi connectivity index (χ1n) is 11.6. The number of rotatable bonds is 11. The summed E-state index contributed by atoms with van der Waals surface area (Å²) in [6, 6.07) is 12.8. The van der Waals surface area contributed by atoms with Crippen molar-refractivity contribution in [1.29, 1.82) is 0 Å². The smallest absolute Gasteiger partial charge is 0.242 e. The highest BCUT2D eigenvalue weighted by Crippen LogP contribution is 2.31. The molecule has 1 aliphatic heterocycles. The van der Waals surface area contributed by atoms with Gasteiger partial charge in [-0.3, -0.25) is 9.59 Å². The fourth-order valence-corrected chi connectivity index (χ4v) is 3.72. The molecule has 1 heterocycles. The average molecular weight is 455 g/mol. The molecule has 2 aromatic rings. The predicted molar refractivity (Wildman–Crippen MR) is 127 cm³/mol. The number of unbranched alkanes of at least 4 members (excludes halogenated alkanes) is 1. The van der Waals surface area contributed by atoms with Crippen LogP contribution in [0.25, 0.3) is 0 Å². The van der Waals surface area contributed by atoms with Crippen LogP contribution >= 0.6 is 0 Å². The van der Waals surface area contributed by atoms with Gasteiger partial charge >= 0.3 is 0 Å². The van der Waals surface area contributed by atoms with Gasteiger partial charge in [-0.05, 0) is 55.2 Å². The van der Waals surface area contributed by atoms with Crippen LogP contribution in [0.2, 0.25) is 0 Å². The highest BCUT2D eigenvalue weighted by molar-refractivity contribution is 5.87. The highest BCUT2D eigenvalue weighted by Gasteiger charge is 2.26. The second-order valence-electron chi connectivity index (χ2n) is 8.17. The molecule has 0 radical (unpaired) electrons. The molecule has 1 N–H and O–H groups in total. The topological polar surface area (TPSA) is 77.1 Å². The SMILES string of the molecule is CCCCNC(=O)[C@H](C)N(Cc1cccc(OC)c1)C(=O)CCc1ccc2c(c1)OCCO2. The van der Waals surface area contributed by atoms with E-state index >= 15 is 0 Å². The molecule has 1 atom stereocenters. The summed E-state index contributed by atoms with van der Waals surface area (Å²) in [4.78, 5) is 27.7. The lowest BCUT2D eigenvalue weighted by molar-refractivity contribution is -0.140. The summed E-state index contributed by atoms with van der Waals surface area (Å²) in [5, 5.41) is 2.95. The van der Waals surface area contributed by atoms with Gasteiger partial charge in [0.2, 0.25) is 11.8 Å². The van der Waals surface area contributed by atoms with Crippen molar-refractivity contribution < 1.29 is 23.8 Å². The number of carbonyl (C=O) groups is 2. The third kappa shape index (κ3) is 6.88. The molecule has 0 spiro atoms. The summed E-state index contributed by atoms with van der Waals surface area (Å²) < 4.78 is 16.5. The monoisotopic (exact) mass is 454 g/mol. The number of carbonyl (C=O) groups excluding carboxylic acids is 2. The summed E-state index contributed by atoms with van der Waals surface area (Å²) in [6.07, 6.45) is 2.74. The molecular weight excluding hydrogens is 420 g/mol. The van der Waals surface area contributed by atoms with Gasteiger partial charge in [0.1, 0.15) is 25.0 Å². The number of ether oxygens (including phenoxy) is 3. The number of amides is 2. The Balaban J connectivity index is 1.71. The Morgan fingerprint density at radius 1 is 1.09 bits per heavy atom. The Kier molecular flexibility index (Phi) is 8.98. The van der Waals surface area contributed by atoms with E-state index in [1.54, 1.807) is 18.9 Å². The number of methoxy groups -OCH3 is 1. The number of hydrogen-bond acceptors (Lipinski definition) is 5. The molecule has 33 heavy (non-hydrogen) atoms. The number of nitrogens with zero attached hydrogens (tertiary/aromatic N) is 1. The molecule has 0 aromatic heterocycles. The number of hydrogen-bond donors (Lipinski definition) is 1. The standard InChI is InChI=1S/C26H34N2O5/c1-4-5-13-27-26(30)19(2)28(18-21-7-6-8-22(16-21)31-3)25(29)12-10-20-9-11-23-24(17-20)33-15-14-32-23/h6-9,11,16-17,19H,4-5,10,12-15,18H2,1-3H3,(H,27,30)/t19-/m0/s1. The predicted octanol–water partition coefficient (Wildman–Crippen LogP) is 3.73. The first-order chi connectivity index (χ1) is 16.0. The van der Waals surface area contributed by atoms with E-state index in [2.05, 4.69) is 12.2 Å². The first kappa shape index (κ1) is 24.4. The van der Waals surface area contributed by atoms with E-state index in [1.807, 2.05) is 42.5 Å². The Bertz CT molecular complexity index is 946. The molecule has 0 saturated carbocycles. The Morgan fingerprint density at radius 3 is 2.64 bits per heavy atom. The van der Waals surface area contributed by atoms with E-state index in [9.17, 15) is 9.59 Å². The molecule has 0 fully saturated rings. The van der Waals surface area contributed by atoms with Crippen molar-refractivity contribution in [2.45, 2.75) is 52.1 Å². The molecule has 7 heteroatoms. The van der Waals surface area contributed by atoms with Crippen LogP contribution in [-0.2, 0) is 22.6 Å². The summed E-state index contributed by atoms with van der Waals surface area (Å²) in [5.74, 6) is 1.94. The molecule has 1 aliphatic rings. The summed E-state index contributed by atoms with van der Waals surface area (Å²) in [6.45, 7) is 5.86. The minimum atomic E-state index is -0.583. The van der Waals surface area contributed by atoms with Crippen LogP contribution in [0.1, 0.15) is 44.2 Å². The largest absolute Gasteiger partial charge is 0.497 e. The van der Waals surface area contributed by atoms with E-state index in [0.717, 1.165) is 35.5 Å². The van der Waals surface area contributed by atoms with E-state index in [0.29, 0.717) is 38.5 Å². The molecule has 7 nitrogen and oxygen atoms in total. The average Bonchev–Trinajstić information content (AvgIpc) is 2.85. The van der Waals surface area contributed by atoms with Gasteiger partial charge in [-0.2, -0.15) is 0 Å². The van der Waals surface area contributed by atoms with Crippen LogP contribution in [0, 0.1) is 0 Å². The maximum atomic E-state index is 13.3. The zero-order valence-corrected chi connectivity index (χ0v) is 19.8. The van der Waals surface area contributed by atoms with Crippen molar-refractivity contribution in [1.82, 2.24) is 10.2 Å². The number of benzene rings is 2. The fraction of sp³-hybridized carbons (Fsp3) is 0.462. The molecule has 0 saturated heterocycles. The second-order valence-corrected chi connectivity index (χ2v) is 8.17. The molecule has 2 amide bonds. The van der Waals surface area contributed by atoms with Crippen molar-refractivity contribution in [3.63, 3.8) is 0 Å². The quantitative estimate of drug-likeness (QED) is 0.524. The van der Waals surface area contributed by atoms with Gasteiger partial charge < -0.3 is 24.4 Å². The fourth-order valence-electron chi connectivity index (χ4n) is 3.72. The van der Waals surface area contributed by atoms with Crippen LogP contribution in [0.5, 0.6) is 17.2 Å². The van der Waals surface area contributed by atoms with Crippen LogP contribution < -0.4 is 19.5 Å². The van der Waals surface area contributed by atoms with Gasteiger partial charge in [0.15, 0.2) is 11.5 Å². The van der Waals surface area contributed by atoms with Crippen molar-refractivity contribution in [2.24, 2.45) is 0 Å². The first-order valence-corrected chi connectivity index (χ1v) is 11.6. The number of nitrogens with one attached hydrogen (secondary N) is 1. The van der Waals surface area contributed by atoms with Crippen molar-refractivity contribution in [3.05, 3.63) is 53.6 Å². The molecular formula is C26H34N2O5. The van der Waals surface area contributed by atoms with E-state index < -0.39 is 6.04 Å². The molecule has 178 valence electrons. The van der Waals surface area contributed by atoms with Crippen LogP contribution in [0.15, 0.2) is 42.5 Å². The van der Waals surface area contributed by atoms with Gasteiger partial charge in [0, 0.05) is 19.5 Å². The lowest BCUT2D eigenvalue weighted by Crippen LogP contribution is -2.47. The van der Waals surface area contributed by atoms with Gasteiger partial charge in [-0.15, -0.1) is 0 Å². The molecule has 2 aromatic carbocycles. The Hall–Kier alpha value is -3.22. The second kappa shape index (κ2) is 12.1. The number of aryl methyl sites for hydroxylation is 1. The van der Waals surface area contributed by atoms with Crippen molar-refractivity contribution >= 4 is 11.8 Å². The molecule has 0 bridgehead atoms. The molecule has 0 aliphatic carbocycles.